The number of nitrogens with zero attached hydrogens (tertiary/aromatic N) is 1. The van der Waals surface area contributed by atoms with E-state index in [1.54, 1.807) is 0 Å². The van der Waals surface area contributed by atoms with E-state index in [-0.39, 0.29) is 18.1 Å². The van der Waals surface area contributed by atoms with Gasteiger partial charge in [0.2, 0.25) is 0 Å². The van der Waals surface area contributed by atoms with Gasteiger partial charge in [-0.05, 0) is 45.8 Å². The van der Waals surface area contributed by atoms with E-state index in [1.165, 1.54) is 32.4 Å². The minimum atomic E-state index is 0.0872. The second-order valence-electron chi connectivity index (χ2n) is 4.87. The molecule has 1 aliphatic rings. The Morgan fingerprint density at radius 1 is 1.33 bits per heavy atom. The Hall–Kier alpha value is -0.120. The third-order valence-electron chi connectivity index (χ3n) is 4.18. The van der Waals surface area contributed by atoms with E-state index >= 15 is 0 Å². The van der Waals surface area contributed by atoms with Crippen molar-refractivity contribution in [2.75, 3.05) is 26.2 Å². The van der Waals surface area contributed by atoms with E-state index < -0.39 is 0 Å². The fourth-order valence-electron chi connectivity index (χ4n) is 2.70. The van der Waals surface area contributed by atoms with Crippen LogP contribution in [0.4, 0.5) is 0 Å². The van der Waals surface area contributed by atoms with E-state index in [0.29, 0.717) is 6.54 Å². The van der Waals surface area contributed by atoms with Gasteiger partial charge in [0.05, 0.1) is 0 Å². The first-order valence-electron chi connectivity index (χ1n) is 6.25. The summed E-state index contributed by atoms with van der Waals surface area (Å²) in [6.07, 6.45) is 4.99. The van der Waals surface area contributed by atoms with Crippen LogP contribution in [0.5, 0.6) is 0 Å². The first-order valence-corrected chi connectivity index (χ1v) is 6.25. The van der Waals surface area contributed by atoms with Crippen LogP contribution < -0.4 is 5.73 Å². The molecule has 2 atom stereocenters. The molecule has 0 aromatic heterocycles. The van der Waals surface area contributed by atoms with Gasteiger partial charge in [-0.3, -0.25) is 4.90 Å². The average Bonchev–Trinajstić information content (AvgIpc) is 2.31. The van der Waals surface area contributed by atoms with Crippen LogP contribution in [0.3, 0.4) is 0 Å². The van der Waals surface area contributed by atoms with Crippen molar-refractivity contribution in [3.63, 3.8) is 0 Å². The molecule has 3 N–H and O–H groups in total. The molecule has 0 aromatic rings. The molecular weight excluding hydrogens is 188 g/mol. The van der Waals surface area contributed by atoms with Gasteiger partial charge in [0.25, 0.3) is 0 Å². The molecule has 0 radical (unpaired) electrons. The highest BCUT2D eigenvalue weighted by Gasteiger charge is 2.37. The zero-order chi connectivity index (χ0) is 11.3. The number of likely N-dealkylation sites (tertiary alicyclic amines) is 1. The molecule has 0 bridgehead atoms. The highest BCUT2D eigenvalue weighted by atomic mass is 16.3. The van der Waals surface area contributed by atoms with Crippen molar-refractivity contribution < 1.29 is 5.11 Å². The number of aliphatic hydroxyl groups excluding tert-OH is 1. The molecule has 90 valence electrons. The van der Waals surface area contributed by atoms with Crippen LogP contribution in [0, 0.1) is 5.92 Å². The summed E-state index contributed by atoms with van der Waals surface area (Å²) in [5.41, 5.74) is 5.85. The maximum absolute atomic E-state index is 9.42. The Morgan fingerprint density at radius 2 is 1.93 bits per heavy atom. The van der Waals surface area contributed by atoms with Crippen molar-refractivity contribution in [3.8, 4) is 0 Å². The minimum absolute atomic E-state index is 0.0872. The number of nitrogens with two attached hydrogens (primary N) is 1. The lowest BCUT2D eigenvalue weighted by atomic mass is 9.81. The van der Waals surface area contributed by atoms with Crippen LogP contribution in [-0.2, 0) is 0 Å². The zero-order valence-electron chi connectivity index (χ0n) is 10.2. The Morgan fingerprint density at radius 3 is 2.33 bits per heavy atom. The second kappa shape index (κ2) is 5.83. The lowest BCUT2D eigenvalue weighted by molar-refractivity contribution is 0.00650. The maximum Gasteiger partial charge on any atom is 0.0489 e. The predicted molar refractivity (Wildman–Crippen MR) is 63.8 cm³/mol. The monoisotopic (exact) mass is 214 g/mol. The van der Waals surface area contributed by atoms with Crippen LogP contribution >= 0.6 is 0 Å². The number of aliphatic hydroxyl groups is 1. The minimum Gasteiger partial charge on any atom is -0.396 e. The standard InChI is InChI=1S/C12H26N2O/c1-3-12(2,11(9-13)10-15)14-7-5-4-6-8-14/h11,15H,3-10,13H2,1-2H3. The van der Waals surface area contributed by atoms with E-state index in [1.807, 2.05) is 0 Å². The zero-order valence-corrected chi connectivity index (χ0v) is 10.2. The third kappa shape index (κ3) is 2.71. The molecule has 3 nitrogen and oxygen atoms in total. The van der Waals surface area contributed by atoms with Crippen molar-refractivity contribution in [3.05, 3.63) is 0 Å². The molecular formula is C12H26N2O. The van der Waals surface area contributed by atoms with Gasteiger partial charge in [0.1, 0.15) is 0 Å². The molecule has 1 aliphatic heterocycles. The lowest BCUT2D eigenvalue weighted by Crippen LogP contribution is -2.56. The smallest absolute Gasteiger partial charge is 0.0489 e. The number of piperidine rings is 1. The molecule has 1 rings (SSSR count). The van der Waals surface area contributed by atoms with Gasteiger partial charge in [0, 0.05) is 18.1 Å². The normalized spacial score (nSPS) is 24.8. The predicted octanol–water partition coefficient (Wildman–Crippen LogP) is 1.21. The van der Waals surface area contributed by atoms with Crippen molar-refractivity contribution in [1.29, 1.82) is 0 Å². The van der Waals surface area contributed by atoms with Gasteiger partial charge < -0.3 is 10.8 Å². The molecule has 0 spiro atoms. The quantitative estimate of drug-likeness (QED) is 0.723. The lowest BCUT2D eigenvalue weighted by Gasteiger charge is -2.47. The number of hydrogen-bond donors (Lipinski definition) is 2. The fourth-order valence-corrected chi connectivity index (χ4v) is 2.70. The summed E-state index contributed by atoms with van der Waals surface area (Å²) >= 11 is 0. The van der Waals surface area contributed by atoms with Gasteiger partial charge >= 0.3 is 0 Å². The highest BCUT2D eigenvalue weighted by Crippen LogP contribution is 2.30. The topological polar surface area (TPSA) is 49.5 Å². The van der Waals surface area contributed by atoms with E-state index in [2.05, 4.69) is 18.7 Å². The Labute approximate surface area is 93.6 Å². The van der Waals surface area contributed by atoms with Gasteiger partial charge in [-0.2, -0.15) is 0 Å². The van der Waals surface area contributed by atoms with Gasteiger partial charge in [-0.1, -0.05) is 13.3 Å². The van der Waals surface area contributed by atoms with E-state index in [4.69, 9.17) is 5.73 Å². The van der Waals surface area contributed by atoms with Crippen molar-refractivity contribution in [1.82, 2.24) is 4.90 Å². The number of rotatable bonds is 5. The summed E-state index contributed by atoms with van der Waals surface area (Å²) < 4.78 is 0. The van der Waals surface area contributed by atoms with Gasteiger partial charge in [0.15, 0.2) is 0 Å². The van der Waals surface area contributed by atoms with Crippen LogP contribution in [-0.4, -0.2) is 41.8 Å². The summed E-state index contributed by atoms with van der Waals surface area (Å²) in [6, 6.07) is 0. The van der Waals surface area contributed by atoms with Gasteiger partial charge in [-0.25, -0.2) is 0 Å². The van der Waals surface area contributed by atoms with Gasteiger partial charge in [-0.15, -0.1) is 0 Å². The molecule has 0 aliphatic carbocycles. The molecule has 3 heteroatoms. The van der Waals surface area contributed by atoms with Crippen molar-refractivity contribution in [2.45, 2.75) is 45.1 Å². The fraction of sp³-hybridized carbons (Fsp3) is 1.00. The highest BCUT2D eigenvalue weighted by molar-refractivity contribution is 4.93. The summed E-state index contributed by atoms with van der Waals surface area (Å²) in [6.45, 7) is 7.58. The second-order valence-corrected chi connectivity index (χ2v) is 4.87. The first kappa shape index (κ1) is 12.9. The van der Waals surface area contributed by atoms with E-state index in [0.717, 1.165) is 6.42 Å². The molecule has 1 heterocycles. The molecule has 0 amide bonds. The largest absolute Gasteiger partial charge is 0.396 e. The Kier molecular flexibility index (Phi) is 5.03. The SMILES string of the molecule is CCC(C)(C(CN)CO)N1CCCCC1. The Balaban J connectivity index is 2.71. The number of hydrogen-bond acceptors (Lipinski definition) is 3. The van der Waals surface area contributed by atoms with Crippen LogP contribution in [0.15, 0.2) is 0 Å². The van der Waals surface area contributed by atoms with Crippen LogP contribution in [0.1, 0.15) is 39.5 Å². The third-order valence-corrected chi connectivity index (χ3v) is 4.18. The molecule has 15 heavy (non-hydrogen) atoms. The Bertz CT molecular complexity index is 176. The molecule has 1 saturated heterocycles. The summed E-state index contributed by atoms with van der Waals surface area (Å²) in [7, 11) is 0. The molecule has 0 saturated carbocycles. The van der Waals surface area contributed by atoms with Crippen LogP contribution in [0.2, 0.25) is 0 Å². The summed E-state index contributed by atoms with van der Waals surface area (Å²) in [4.78, 5) is 2.53. The summed E-state index contributed by atoms with van der Waals surface area (Å²) in [5.74, 6) is 0.209. The molecule has 2 unspecified atom stereocenters. The van der Waals surface area contributed by atoms with Crippen LogP contribution in [0.25, 0.3) is 0 Å². The summed E-state index contributed by atoms with van der Waals surface area (Å²) in [5, 5.41) is 9.42. The van der Waals surface area contributed by atoms with Crippen molar-refractivity contribution in [2.24, 2.45) is 11.7 Å². The molecule has 0 aromatic carbocycles. The van der Waals surface area contributed by atoms with Crippen molar-refractivity contribution >= 4 is 0 Å². The molecule has 1 fully saturated rings. The van der Waals surface area contributed by atoms with E-state index in [9.17, 15) is 5.11 Å². The maximum atomic E-state index is 9.42. The average molecular weight is 214 g/mol. The first-order chi connectivity index (χ1) is 7.19.